The molecule has 1 heterocycles. The van der Waals surface area contributed by atoms with E-state index >= 15 is 0 Å². The van der Waals surface area contributed by atoms with Crippen LogP contribution in [0, 0.1) is 20.2 Å². The zero-order chi connectivity index (χ0) is 13.4. The van der Waals surface area contributed by atoms with Gasteiger partial charge in [-0.05, 0) is 15.9 Å². The molecule has 18 heavy (non-hydrogen) atoms. The molecule has 2 aromatic rings. The van der Waals surface area contributed by atoms with Gasteiger partial charge >= 0.3 is 11.4 Å². The normalized spacial score (nSPS) is 10.5. The number of halogens is 1. The summed E-state index contributed by atoms with van der Waals surface area (Å²) in [4.78, 5) is 30.8. The van der Waals surface area contributed by atoms with Gasteiger partial charge in [0, 0.05) is 0 Å². The fraction of sp³-hybridized carbons (Fsp3) is 0. The Morgan fingerprint density at radius 1 is 1.11 bits per heavy atom. The second-order valence-electron chi connectivity index (χ2n) is 3.02. The number of nitro groups is 2. The fourth-order valence-electron chi connectivity index (χ4n) is 1.43. The van der Waals surface area contributed by atoms with Gasteiger partial charge in [0.05, 0.1) is 21.6 Å². The van der Waals surface area contributed by atoms with Crippen LogP contribution in [0.3, 0.4) is 0 Å². The molecule has 9 nitrogen and oxygen atoms in total. The molecule has 0 aliphatic rings. The van der Waals surface area contributed by atoms with Crippen molar-refractivity contribution in [2.75, 3.05) is 0 Å². The lowest BCUT2D eigenvalue weighted by Gasteiger charge is -2.00. The molecule has 1 aromatic carbocycles. The second kappa shape index (κ2) is 4.34. The van der Waals surface area contributed by atoms with E-state index in [0.29, 0.717) is 11.7 Å². The quantitative estimate of drug-likeness (QED) is 0.477. The first-order chi connectivity index (χ1) is 8.49. The van der Waals surface area contributed by atoms with Crippen molar-refractivity contribution < 1.29 is 14.6 Å². The smallest absolute Gasteiger partial charge is 0.298 e. The SMILES string of the molecule is O=Cc1c([N+](=O)[O-])c([N+](=O)[O-])c(Br)c2nsnc12. The number of aromatic nitrogens is 2. The van der Waals surface area contributed by atoms with E-state index in [2.05, 4.69) is 24.7 Å². The Balaban J connectivity index is 3.08. The number of carbonyl (C=O) groups excluding carboxylic acids is 1. The minimum Gasteiger partial charge on any atom is -0.298 e. The minimum atomic E-state index is -0.981. The molecule has 0 aliphatic carbocycles. The molecule has 0 unspecified atom stereocenters. The molecule has 0 saturated heterocycles. The first-order valence-electron chi connectivity index (χ1n) is 4.20. The predicted octanol–water partition coefficient (Wildman–Crippen LogP) is 2.08. The predicted molar refractivity (Wildman–Crippen MR) is 63.8 cm³/mol. The summed E-state index contributed by atoms with van der Waals surface area (Å²) >= 11 is 3.59. The van der Waals surface area contributed by atoms with Crippen LogP contribution in [0.15, 0.2) is 4.47 Å². The van der Waals surface area contributed by atoms with Gasteiger partial charge in [0.2, 0.25) is 0 Å². The van der Waals surface area contributed by atoms with Crippen LogP contribution < -0.4 is 0 Å². The van der Waals surface area contributed by atoms with Crippen molar-refractivity contribution in [3.05, 3.63) is 30.3 Å². The third-order valence-electron chi connectivity index (χ3n) is 2.12. The number of hydrogen-bond donors (Lipinski definition) is 0. The summed E-state index contributed by atoms with van der Waals surface area (Å²) in [6, 6.07) is 0. The summed E-state index contributed by atoms with van der Waals surface area (Å²) in [5.74, 6) is 0. The van der Waals surface area contributed by atoms with Crippen molar-refractivity contribution >= 4 is 56.4 Å². The molecule has 0 atom stereocenters. The third kappa shape index (κ3) is 1.64. The van der Waals surface area contributed by atoms with E-state index < -0.39 is 26.8 Å². The maximum atomic E-state index is 10.9. The summed E-state index contributed by atoms with van der Waals surface area (Å²) in [5, 5.41) is 21.8. The molecule has 0 fully saturated rings. The van der Waals surface area contributed by atoms with Crippen molar-refractivity contribution in [1.82, 2.24) is 8.75 Å². The van der Waals surface area contributed by atoms with E-state index in [1.54, 1.807) is 0 Å². The van der Waals surface area contributed by atoms with E-state index in [0.717, 1.165) is 0 Å². The lowest BCUT2D eigenvalue weighted by Crippen LogP contribution is -2.03. The van der Waals surface area contributed by atoms with Gasteiger partial charge in [-0.25, -0.2) is 0 Å². The Morgan fingerprint density at radius 3 is 2.17 bits per heavy atom. The van der Waals surface area contributed by atoms with Gasteiger partial charge in [-0.3, -0.25) is 25.0 Å². The lowest BCUT2D eigenvalue weighted by atomic mass is 10.1. The van der Waals surface area contributed by atoms with Crippen molar-refractivity contribution in [2.45, 2.75) is 0 Å². The molecule has 0 radical (unpaired) electrons. The van der Waals surface area contributed by atoms with Gasteiger partial charge in [0.15, 0.2) is 6.29 Å². The molecular formula is C7HBrN4O5S. The highest BCUT2D eigenvalue weighted by Crippen LogP contribution is 2.42. The Labute approximate surface area is 110 Å². The summed E-state index contributed by atoms with van der Waals surface area (Å²) in [7, 11) is 0. The summed E-state index contributed by atoms with van der Waals surface area (Å²) in [6.07, 6.45) is 0.168. The number of nitrogens with zero attached hydrogens (tertiary/aromatic N) is 4. The molecule has 0 spiro atoms. The average Bonchev–Trinajstić information content (AvgIpc) is 2.77. The van der Waals surface area contributed by atoms with Crippen molar-refractivity contribution in [2.24, 2.45) is 0 Å². The van der Waals surface area contributed by atoms with Gasteiger partial charge in [-0.15, -0.1) is 0 Å². The van der Waals surface area contributed by atoms with Gasteiger partial charge in [0.1, 0.15) is 21.1 Å². The van der Waals surface area contributed by atoms with Crippen molar-refractivity contribution in [3.63, 3.8) is 0 Å². The van der Waals surface area contributed by atoms with Crippen LogP contribution in [0.25, 0.3) is 11.0 Å². The molecular weight excluding hydrogens is 332 g/mol. The molecule has 0 bridgehead atoms. The third-order valence-corrected chi connectivity index (χ3v) is 3.40. The number of aldehydes is 1. The van der Waals surface area contributed by atoms with Crippen LogP contribution in [-0.2, 0) is 0 Å². The van der Waals surface area contributed by atoms with Crippen LogP contribution in [0.1, 0.15) is 10.4 Å². The van der Waals surface area contributed by atoms with Gasteiger partial charge in [0.25, 0.3) is 0 Å². The van der Waals surface area contributed by atoms with Crippen LogP contribution in [0.4, 0.5) is 11.4 Å². The summed E-state index contributed by atoms with van der Waals surface area (Å²) < 4.78 is 7.35. The molecule has 0 N–H and O–H groups in total. The Kier molecular flexibility index (Phi) is 3.00. The highest BCUT2D eigenvalue weighted by molar-refractivity contribution is 9.10. The van der Waals surface area contributed by atoms with E-state index in [-0.39, 0.29) is 21.8 Å². The topological polar surface area (TPSA) is 129 Å². The Morgan fingerprint density at radius 2 is 1.67 bits per heavy atom. The number of carbonyl (C=O) groups is 1. The van der Waals surface area contributed by atoms with Crippen LogP contribution in [-0.4, -0.2) is 24.9 Å². The highest BCUT2D eigenvalue weighted by atomic mass is 79.9. The molecule has 1 aromatic heterocycles. The van der Waals surface area contributed by atoms with E-state index in [9.17, 15) is 25.0 Å². The molecule has 0 aliphatic heterocycles. The van der Waals surface area contributed by atoms with Gasteiger partial charge < -0.3 is 0 Å². The van der Waals surface area contributed by atoms with Gasteiger partial charge in [-0.2, -0.15) is 8.75 Å². The maximum absolute atomic E-state index is 10.9. The molecule has 0 amide bonds. The Hall–Kier alpha value is -2.01. The number of rotatable bonds is 3. The number of hydrogen-bond acceptors (Lipinski definition) is 8. The minimum absolute atomic E-state index is 0.0285. The zero-order valence-corrected chi connectivity index (χ0v) is 10.6. The van der Waals surface area contributed by atoms with Crippen LogP contribution in [0.5, 0.6) is 0 Å². The van der Waals surface area contributed by atoms with E-state index in [1.165, 1.54) is 0 Å². The summed E-state index contributed by atoms with van der Waals surface area (Å²) in [6.45, 7) is 0. The van der Waals surface area contributed by atoms with Crippen molar-refractivity contribution in [3.8, 4) is 0 Å². The standard InChI is InChI=1S/C7HBrN4O5S/c8-3-5-4(9-18-10-5)2(1-13)6(11(14)15)7(3)12(16)17/h1H. The second-order valence-corrected chi connectivity index (χ2v) is 4.34. The van der Waals surface area contributed by atoms with Crippen LogP contribution >= 0.6 is 27.7 Å². The zero-order valence-electron chi connectivity index (χ0n) is 8.19. The van der Waals surface area contributed by atoms with E-state index in [1.807, 2.05) is 0 Å². The largest absolute Gasteiger partial charge is 0.363 e. The molecule has 0 saturated carbocycles. The first kappa shape index (κ1) is 12.4. The number of fused-ring (bicyclic) bond motifs is 1. The number of benzene rings is 1. The lowest BCUT2D eigenvalue weighted by molar-refractivity contribution is -0.423. The monoisotopic (exact) mass is 332 g/mol. The van der Waals surface area contributed by atoms with Crippen molar-refractivity contribution in [1.29, 1.82) is 0 Å². The molecule has 2 rings (SSSR count). The summed E-state index contributed by atoms with van der Waals surface area (Å²) in [5.41, 5.74) is -2.11. The number of nitro benzene ring substituents is 2. The fourth-order valence-corrected chi connectivity index (χ4v) is 2.72. The van der Waals surface area contributed by atoms with Crippen LogP contribution in [0.2, 0.25) is 0 Å². The maximum Gasteiger partial charge on any atom is 0.363 e. The highest BCUT2D eigenvalue weighted by Gasteiger charge is 2.36. The first-order valence-corrected chi connectivity index (χ1v) is 5.73. The Bertz CT molecular complexity index is 699. The van der Waals surface area contributed by atoms with Gasteiger partial charge in [-0.1, -0.05) is 0 Å². The molecule has 92 valence electrons. The van der Waals surface area contributed by atoms with E-state index in [4.69, 9.17) is 0 Å². The average molecular weight is 333 g/mol. The molecule has 11 heteroatoms.